The van der Waals surface area contributed by atoms with Crippen molar-refractivity contribution in [1.82, 2.24) is 0 Å². The second-order valence-corrected chi connectivity index (χ2v) is 10.4. The molecule has 0 aromatic heterocycles. The summed E-state index contributed by atoms with van der Waals surface area (Å²) in [6.07, 6.45) is 5.42. The molecule has 33 heavy (non-hydrogen) atoms. The Morgan fingerprint density at radius 2 is 1.64 bits per heavy atom. The minimum atomic E-state index is -3.73. The number of benzene rings is 4. The Morgan fingerprint density at radius 3 is 2.52 bits per heavy atom. The standard InChI is InChI=1S/C28H24N2O2S/c31-33(32,30-27-15-6-11-19-8-4-5-12-22(19)27)21-16-17-26-25(18-21)23-13-7-14-24(23)28(29-26)20-9-2-1-3-10-20/h1-13,15-18,23-24,28-30H,14H2/t23?,24?,28-/m1/s1. The number of fused-ring (bicyclic) bond motifs is 4. The number of sulfonamides is 1. The average Bonchev–Trinajstić information content (AvgIpc) is 3.34. The minimum Gasteiger partial charge on any atom is -0.378 e. The van der Waals surface area contributed by atoms with Crippen LogP contribution in [0.15, 0.2) is 108 Å². The first kappa shape index (κ1) is 20.1. The topological polar surface area (TPSA) is 58.2 Å². The highest BCUT2D eigenvalue weighted by Crippen LogP contribution is 2.50. The van der Waals surface area contributed by atoms with Crippen LogP contribution in [0.1, 0.15) is 29.5 Å². The molecule has 0 radical (unpaired) electrons. The third-order valence-corrected chi connectivity index (χ3v) is 8.20. The molecule has 4 aromatic rings. The van der Waals surface area contributed by atoms with Crippen LogP contribution in [0.3, 0.4) is 0 Å². The van der Waals surface area contributed by atoms with E-state index in [4.69, 9.17) is 0 Å². The molecule has 5 heteroatoms. The Morgan fingerprint density at radius 1 is 0.848 bits per heavy atom. The van der Waals surface area contributed by atoms with Gasteiger partial charge in [-0.2, -0.15) is 0 Å². The first-order valence-electron chi connectivity index (χ1n) is 11.2. The van der Waals surface area contributed by atoms with E-state index in [1.165, 1.54) is 5.56 Å². The zero-order valence-electron chi connectivity index (χ0n) is 18.0. The van der Waals surface area contributed by atoms with Crippen molar-refractivity contribution in [1.29, 1.82) is 0 Å². The summed E-state index contributed by atoms with van der Waals surface area (Å²) in [5.74, 6) is 0.558. The lowest BCUT2D eigenvalue weighted by Gasteiger charge is -2.37. The summed E-state index contributed by atoms with van der Waals surface area (Å²) in [6, 6.07) is 29.6. The summed E-state index contributed by atoms with van der Waals surface area (Å²) >= 11 is 0. The monoisotopic (exact) mass is 452 g/mol. The Balaban J connectivity index is 1.37. The van der Waals surface area contributed by atoms with Gasteiger partial charge in [0.1, 0.15) is 0 Å². The maximum Gasteiger partial charge on any atom is 0.261 e. The maximum absolute atomic E-state index is 13.4. The third kappa shape index (κ3) is 3.49. The van der Waals surface area contributed by atoms with Crippen LogP contribution in [0.4, 0.5) is 11.4 Å². The number of nitrogens with one attached hydrogen (secondary N) is 2. The summed E-state index contributed by atoms with van der Waals surface area (Å²) in [5, 5.41) is 5.56. The number of anilines is 2. The number of hydrogen-bond acceptors (Lipinski definition) is 3. The molecule has 4 aromatic carbocycles. The van der Waals surface area contributed by atoms with E-state index in [-0.39, 0.29) is 16.9 Å². The van der Waals surface area contributed by atoms with Gasteiger partial charge in [-0.05, 0) is 53.1 Å². The van der Waals surface area contributed by atoms with Gasteiger partial charge >= 0.3 is 0 Å². The van der Waals surface area contributed by atoms with Crippen LogP contribution in [0, 0.1) is 5.92 Å². The van der Waals surface area contributed by atoms with Gasteiger partial charge in [0.05, 0.1) is 16.6 Å². The molecule has 164 valence electrons. The van der Waals surface area contributed by atoms with Gasteiger partial charge in [0, 0.05) is 17.0 Å². The van der Waals surface area contributed by atoms with E-state index in [0.717, 1.165) is 28.4 Å². The van der Waals surface area contributed by atoms with Crippen molar-refractivity contribution in [3.05, 3.63) is 114 Å². The van der Waals surface area contributed by atoms with Crippen LogP contribution in [0.25, 0.3) is 10.8 Å². The number of rotatable bonds is 4. The molecule has 3 atom stereocenters. The van der Waals surface area contributed by atoms with E-state index in [0.29, 0.717) is 11.6 Å². The average molecular weight is 453 g/mol. The molecule has 0 saturated heterocycles. The molecular weight excluding hydrogens is 428 g/mol. The molecule has 0 bridgehead atoms. The van der Waals surface area contributed by atoms with Gasteiger partial charge in [0.25, 0.3) is 10.0 Å². The zero-order valence-corrected chi connectivity index (χ0v) is 18.8. The summed E-state index contributed by atoms with van der Waals surface area (Å²) in [6.45, 7) is 0. The molecule has 0 spiro atoms. The molecule has 1 aliphatic carbocycles. The maximum atomic E-state index is 13.4. The Bertz CT molecular complexity index is 1470. The lowest BCUT2D eigenvalue weighted by atomic mass is 9.77. The minimum absolute atomic E-state index is 0.194. The molecule has 0 amide bonds. The first-order valence-corrected chi connectivity index (χ1v) is 12.7. The zero-order chi connectivity index (χ0) is 22.4. The van der Waals surface area contributed by atoms with Crippen molar-refractivity contribution in [2.24, 2.45) is 5.92 Å². The lowest BCUT2D eigenvalue weighted by Crippen LogP contribution is -2.29. The van der Waals surface area contributed by atoms with Crippen molar-refractivity contribution in [2.75, 3.05) is 10.0 Å². The fourth-order valence-electron chi connectivity index (χ4n) is 5.25. The highest BCUT2D eigenvalue weighted by atomic mass is 32.2. The smallest absolute Gasteiger partial charge is 0.261 e. The Labute approximate surface area is 194 Å². The fourth-order valence-corrected chi connectivity index (χ4v) is 6.36. The Kier molecular flexibility index (Phi) is 4.73. The van der Waals surface area contributed by atoms with Crippen molar-refractivity contribution in [2.45, 2.75) is 23.3 Å². The summed E-state index contributed by atoms with van der Waals surface area (Å²) < 4.78 is 29.5. The molecule has 4 nitrogen and oxygen atoms in total. The van der Waals surface area contributed by atoms with Crippen LogP contribution < -0.4 is 10.0 Å². The van der Waals surface area contributed by atoms with Gasteiger partial charge in [0.15, 0.2) is 0 Å². The van der Waals surface area contributed by atoms with Crippen LogP contribution in [-0.4, -0.2) is 8.42 Å². The predicted molar refractivity (Wildman–Crippen MR) is 134 cm³/mol. The normalized spacial score (nSPS) is 21.3. The van der Waals surface area contributed by atoms with Gasteiger partial charge in [-0.15, -0.1) is 0 Å². The van der Waals surface area contributed by atoms with Crippen LogP contribution in [-0.2, 0) is 10.0 Å². The van der Waals surface area contributed by atoms with Crippen molar-refractivity contribution < 1.29 is 8.42 Å². The second kappa shape index (κ2) is 7.78. The Hall–Kier alpha value is -3.57. The summed E-state index contributed by atoms with van der Waals surface area (Å²) in [7, 11) is -3.73. The van der Waals surface area contributed by atoms with E-state index in [9.17, 15) is 8.42 Å². The van der Waals surface area contributed by atoms with E-state index < -0.39 is 10.0 Å². The molecule has 2 aliphatic rings. The second-order valence-electron chi connectivity index (χ2n) is 8.77. The van der Waals surface area contributed by atoms with Gasteiger partial charge in [0.2, 0.25) is 0 Å². The molecule has 6 rings (SSSR count). The largest absolute Gasteiger partial charge is 0.378 e. The number of allylic oxidation sites excluding steroid dienone is 2. The SMILES string of the molecule is O=S(=O)(Nc1cccc2ccccc12)c1ccc2c(c1)C1C=CCC1[C@@H](c1ccccc1)N2. The quantitative estimate of drug-likeness (QED) is 0.349. The molecule has 1 aliphatic heterocycles. The van der Waals surface area contributed by atoms with Crippen LogP contribution >= 0.6 is 0 Å². The first-order chi connectivity index (χ1) is 16.1. The predicted octanol–water partition coefficient (Wildman–Crippen LogP) is 6.47. The van der Waals surface area contributed by atoms with Crippen LogP contribution in [0.5, 0.6) is 0 Å². The molecule has 2 unspecified atom stereocenters. The number of hydrogen-bond donors (Lipinski definition) is 2. The summed E-state index contributed by atoms with van der Waals surface area (Å²) in [5.41, 5.74) is 3.89. The van der Waals surface area contributed by atoms with Gasteiger partial charge in [-0.1, -0.05) is 78.9 Å². The lowest BCUT2D eigenvalue weighted by molar-refractivity contribution is 0.425. The van der Waals surface area contributed by atoms with E-state index in [1.807, 2.05) is 54.6 Å². The van der Waals surface area contributed by atoms with E-state index >= 15 is 0 Å². The molecule has 0 fully saturated rings. The summed E-state index contributed by atoms with van der Waals surface area (Å²) in [4.78, 5) is 0.285. The van der Waals surface area contributed by atoms with Crippen molar-refractivity contribution in [3.8, 4) is 0 Å². The van der Waals surface area contributed by atoms with Gasteiger partial charge in [-0.3, -0.25) is 4.72 Å². The highest BCUT2D eigenvalue weighted by Gasteiger charge is 2.38. The van der Waals surface area contributed by atoms with E-state index in [1.54, 1.807) is 12.1 Å². The van der Waals surface area contributed by atoms with Crippen molar-refractivity contribution >= 4 is 32.2 Å². The third-order valence-electron chi connectivity index (χ3n) is 6.84. The molecule has 2 N–H and O–H groups in total. The van der Waals surface area contributed by atoms with Gasteiger partial charge in [-0.25, -0.2) is 8.42 Å². The van der Waals surface area contributed by atoms with Gasteiger partial charge < -0.3 is 5.32 Å². The van der Waals surface area contributed by atoms with Crippen LogP contribution in [0.2, 0.25) is 0 Å². The molecule has 0 saturated carbocycles. The highest BCUT2D eigenvalue weighted by molar-refractivity contribution is 7.92. The van der Waals surface area contributed by atoms with Crippen molar-refractivity contribution in [3.63, 3.8) is 0 Å². The molecular formula is C28H24N2O2S. The fraction of sp³-hybridized carbons (Fsp3) is 0.143. The van der Waals surface area contributed by atoms with E-state index in [2.05, 4.69) is 46.5 Å². The molecule has 1 heterocycles.